The number of urea groups is 1. The normalized spacial score (nSPS) is 11.2. The first-order chi connectivity index (χ1) is 9.73. The number of rotatable bonds is 7. The molecular weight excluding hydrogens is 276 g/mol. The first-order valence-electron chi connectivity index (χ1n) is 6.73. The molecule has 0 aliphatic rings. The van der Waals surface area contributed by atoms with E-state index < -0.39 is 11.6 Å². The molecule has 1 aromatic rings. The maximum Gasteiger partial charge on any atom is 0.356 e. The van der Waals surface area contributed by atoms with Crippen molar-refractivity contribution in [2.75, 3.05) is 19.6 Å². The Labute approximate surface area is 123 Å². The Kier molecular flexibility index (Phi) is 5.71. The molecular formula is C13H22N4O4. The molecule has 0 spiro atoms. The number of carboxylic acids is 1. The second kappa shape index (κ2) is 7.07. The Morgan fingerprint density at radius 1 is 1.48 bits per heavy atom. The topological polar surface area (TPSA) is 108 Å². The van der Waals surface area contributed by atoms with E-state index in [1.165, 1.54) is 17.4 Å². The van der Waals surface area contributed by atoms with Crippen molar-refractivity contribution >= 4 is 12.0 Å². The lowest BCUT2D eigenvalue weighted by atomic mass is 10.1. The molecule has 21 heavy (non-hydrogen) atoms. The Morgan fingerprint density at radius 2 is 2.14 bits per heavy atom. The minimum Gasteiger partial charge on any atom is -0.476 e. The lowest BCUT2D eigenvalue weighted by Gasteiger charge is -2.28. The van der Waals surface area contributed by atoms with Crippen LogP contribution in [-0.4, -0.2) is 61.9 Å². The second-order valence-corrected chi connectivity index (χ2v) is 5.36. The fourth-order valence-electron chi connectivity index (χ4n) is 1.79. The fraction of sp³-hybridized carbons (Fsp3) is 0.615. The number of likely N-dealkylation sites (N-methyl/N-ethyl adjacent to an activating group) is 1. The zero-order chi connectivity index (χ0) is 16.0. The molecule has 0 bridgehead atoms. The first kappa shape index (κ1) is 17.0. The van der Waals surface area contributed by atoms with Gasteiger partial charge in [0.1, 0.15) is 0 Å². The van der Waals surface area contributed by atoms with Crippen LogP contribution in [0, 0.1) is 0 Å². The van der Waals surface area contributed by atoms with Crippen LogP contribution in [0.4, 0.5) is 4.79 Å². The van der Waals surface area contributed by atoms with Crippen LogP contribution in [0.2, 0.25) is 0 Å². The maximum absolute atomic E-state index is 11.9. The Morgan fingerprint density at radius 3 is 2.62 bits per heavy atom. The molecule has 118 valence electrons. The first-order valence-corrected chi connectivity index (χ1v) is 6.73. The molecule has 0 atom stereocenters. The van der Waals surface area contributed by atoms with Gasteiger partial charge in [0.2, 0.25) is 0 Å². The molecule has 8 nitrogen and oxygen atoms in total. The van der Waals surface area contributed by atoms with Crippen LogP contribution in [0.15, 0.2) is 12.5 Å². The van der Waals surface area contributed by atoms with Crippen LogP contribution in [0.1, 0.15) is 31.3 Å². The molecule has 1 rings (SSSR count). The zero-order valence-corrected chi connectivity index (χ0v) is 12.5. The van der Waals surface area contributed by atoms with Gasteiger partial charge in [-0.2, -0.15) is 0 Å². The summed E-state index contributed by atoms with van der Waals surface area (Å²) in [5.74, 6) is -1.08. The number of carbonyl (C=O) groups excluding carboxylic acids is 1. The van der Waals surface area contributed by atoms with E-state index in [0.29, 0.717) is 19.6 Å². The van der Waals surface area contributed by atoms with Gasteiger partial charge in [-0.15, -0.1) is 0 Å². The number of imidazole rings is 1. The van der Waals surface area contributed by atoms with Crippen LogP contribution in [0.5, 0.6) is 0 Å². The van der Waals surface area contributed by atoms with Crippen LogP contribution < -0.4 is 5.32 Å². The summed E-state index contributed by atoms with van der Waals surface area (Å²) in [6, 6.07) is -0.266. The lowest BCUT2D eigenvalue weighted by molar-refractivity contribution is 0.0480. The smallest absolute Gasteiger partial charge is 0.356 e. The number of nitrogens with zero attached hydrogens (tertiary/aromatic N) is 3. The van der Waals surface area contributed by atoms with E-state index in [1.807, 2.05) is 6.92 Å². The molecule has 1 aromatic heterocycles. The minimum absolute atomic E-state index is 0.0291. The minimum atomic E-state index is -1.08. The molecule has 0 unspecified atom stereocenters. The van der Waals surface area contributed by atoms with Gasteiger partial charge in [0.15, 0.2) is 5.69 Å². The van der Waals surface area contributed by atoms with Crippen LogP contribution in [0.3, 0.4) is 0 Å². The van der Waals surface area contributed by atoms with Crippen molar-refractivity contribution in [2.24, 2.45) is 0 Å². The highest BCUT2D eigenvalue weighted by Gasteiger charge is 2.20. The number of hydrogen-bond donors (Lipinski definition) is 3. The summed E-state index contributed by atoms with van der Waals surface area (Å²) in [5, 5.41) is 21.2. The molecule has 0 aliphatic carbocycles. The molecule has 2 amide bonds. The van der Waals surface area contributed by atoms with Gasteiger partial charge in [-0.05, 0) is 20.8 Å². The van der Waals surface area contributed by atoms with Crippen LogP contribution >= 0.6 is 0 Å². The molecule has 1 heterocycles. The predicted molar refractivity (Wildman–Crippen MR) is 76.1 cm³/mol. The van der Waals surface area contributed by atoms with E-state index in [-0.39, 0.29) is 18.3 Å². The number of amides is 2. The Hall–Kier alpha value is -2.09. The third-order valence-corrected chi connectivity index (χ3v) is 2.75. The summed E-state index contributed by atoms with van der Waals surface area (Å²) in [4.78, 5) is 27.9. The van der Waals surface area contributed by atoms with Gasteiger partial charge in [-0.1, -0.05) is 0 Å². The molecule has 0 radical (unpaired) electrons. The highest BCUT2D eigenvalue weighted by atomic mass is 16.4. The van der Waals surface area contributed by atoms with E-state index >= 15 is 0 Å². The SMILES string of the molecule is CCN(CC(C)(C)O)C(=O)NCCn1cnc(C(=O)O)c1. The number of hydrogen-bond acceptors (Lipinski definition) is 4. The van der Waals surface area contributed by atoms with E-state index in [0.717, 1.165) is 0 Å². The zero-order valence-electron chi connectivity index (χ0n) is 12.5. The molecule has 0 aromatic carbocycles. The molecule has 0 saturated heterocycles. The molecule has 0 saturated carbocycles. The van der Waals surface area contributed by atoms with E-state index in [2.05, 4.69) is 10.3 Å². The summed E-state index contributed by atoms with van der Waals surface area (Å²) in [6.45, 7) is 6.61. The maximum atomic E-state index is 11.9. The van der Waals surface area contributed by atoms with Gasteiger partial charge < -0.3 is 25.0 Å². The van der Waals surface area contributed by atoms with Crippen molar-refractivity contribution in [2.45, 2.75) is 32.9 Å². The lowest BCUT2D eigenvalue weighted by Crippen LogP contribution is -2.47. The van der Waals surface area contributed by atoms with Crippen LogP contribution in [0.25, 0.3) is 0 Å². The highest BCUT2D eigenvalue weighted by molar-refractivity contribution is 5.84. The molecule has 0 fully saturated rings. The van der Waals surface area contributed by atoms with Gasteiger partial charge in [0.25, 0.3) is 0 Å². The van der Waals surface area contributed by atoms with Crippen molar-refractivity contribution in [3.05, 3.63) is 18.2 Å². The summed E-state index contributed by atoms with van der Waals surface area (Å²) in [7, 11) is 0. The van der Waals surface area contributed by atoms with Crippen LogP contribution in [-0.2, 0) is 6.54 Å². The van der Waals surface area contributed by atoms with Gasteiger partial charge in [-0.25, -0.2) is 14.6 Å². The van der Waals surface area contributed by atoms with Crippen molar-refractivity contribution in [3.8, 4) is 0 Å². The quantitative estimate of drug-likeness (QED) is 0.674. The van der Waals surface area contributed by atoms with Crippen molar-refractivity contribution in [3.63, 3.8) is 0 Å². The predicted octanol–water partition coefficient (Wildman–Crippen LogP) is 0.384. The van der Waals surface area contributed by atoms with Crippen molar-refractivity contribution < 1.29 is 19.8 Å². The fourth-order valence-corrected chi connectivity index (χ4v) is 1.79. The number of nitrogens with one attached hydrogen (secondary N) is 1. The van der Waals surface area contributed by atoms with E-state index in [9.17, 15) is 14.7 Å². The van der Waals surface area contributed by atoms with Gasteiger partial charge in [-0.3, -0.25) is 0 Å². The number of aromatic nitrogens is 2. The summed E-state index contributed by atoms with van der Waals surface area (Å²) >= 11 is 0. The summed E-state index contributed by atoms with van der Waals surface area (Å²) in [5.41, 5.74) is -0.979. The number of carbonyl (C=O) groups is 2. The molecule has 3 N–H and O–H groups in total. The summed E-state index contributed by atoms with van der Waals surface area (Å²) in [6.07, 6.45) is 2.81. The monoisotopic (exact) mass is 298 g/mol. The molecule has 8 heteroatoms. The van der Waals surface area contributed by atoms with Crippen molar-refractivity contribution in [1.82, 2.24) is 19.8 Å². The number of aliphatic hydroxyl groups is 1. The summed E-state index contributed by atoms with van der Waals surface area (Å²) < 4.78 is 1.59. The standard InChI is InChI=1S/C13H22N4O4/c1-4-17(8-13(2,3)21)12(20)14-5-6-16-7-10(11(18)19)15-9-16/h7,9,21H,4-6,8H2,1-3H3,(H,14,20)(H,18,19). The average molecular weight is 298 g/mol. The number of carboxylic acid groups (broad SMARTS) is 1. The van der Waals surface area contributed by atoms with E-state index in [4.69, 9.17) is 5.11 Å². The number of aromatic carboxylic acids is 1. The van der Waals surface area contributed by atoms with E-state index in [1.54, 1.807) is 18.4 Å². The largest absolute Gasteiger partial charge is 0.476 e. The third-order valence-electron chi connectivity index (χ3n) is 2.75. The van der Waals surface area contributed by atoms with Gasteiger partial charge in [0.05, 0.1) is 18.5 Å². The Balaban J connectivity index is 2.42. The highest BCUT2D eigenvalue weighted by Crippen LogP contribution is 2.04. The van der Waals surface area contributed by atoms with Gasteiger partial charge >= 0.3 is 12.0 Å². The third kappa shape index (κ3) is 5.82. The molecule has 0 aliphatic heterocycles. The average Bonchev–Trinajstić information content (AvgIpc) is 2.83. The second-order valence-electron chi connectivity index (χ2n) is 5.36. The Bertz CT molecular complexity index is 493. The van der Waals surface area contributed by atoms with Gasteiger partial charge in [0, 0.05) is 25.8 Å². The van der Waals surface area contributed by atoms with Crippen molar-refractivity contribution in [1.29, 1.82) is 0 Å².